The molecule has 6 heteroatoms. The van der Waals surface area contributed by atoms with E-state index in [4.69, 9.17) is 4.74 Å². The van der Waals surface area contributed by atoms with E-state index < -0.39 is 13.0 Å². The van der Waals surface area contributed by atoms with Crippen LogP contribution in [0.25, 0.3) is 0 Å². The first-order chi connectivity index (χ1) is 7.72. The highest BCUT2D eigenvalue weighted by Crippen LogP contribution is 2.10. The van der Waals surface area contributed by atoms with Crippen molar-refractivity contribution in [2.24, 2.45) is 0 Å². The fraction of sp³-hybridized carbons (Fsp3) is 0.700. The van der Waals surface area contributed by atoms with Gasteiger partial charge in [0.15, 0.2) is 0 Å². The van der Waals surface area contributed by atoms with Crippen LogP contribution in [0.5, 0.6) is 0 Å². The molecule has 1 unspecified atom stereocenters. The Labute approximate surface area is 97.8 Å². The van der Waals surface area contributed by atoms with Crippen LogP contribution in [-0.2, 0) is 11.2 Å². The Balaban J connectivity index is 2.17. The maximum atomic E-state index is 11.8. The van der Waals surface area contributed by atoms with Crippen LogP contribution in [0.3, 0.4) is 0 Å². The van der Waals surface area contributed by atoms with Gasteiger partial charge < -0.3 is 10.1 Å². The van der Waals surface area contributed by atoms with Crippen LogP contribution in [0.4, 0.5) is 8.78 Å². The number of aromatic nitrogens is 1. The van der Waals surface area contributed by atoms with Gasteiger partial charge in [0.25, 0.3) is 6.43 Å². The smallest absolute Gasteiger partial charge is 0.261 e. The number of likely N-dealkylation sites (N-methyl/N-ethyl adjacent to an activating group) is 1. The van der Waals surface area contributed by atoms with Crippen LogP contribution in [0.1, 0.15) is 11.3 Å². The lowest BCUT2D eigenvalue weighted by Gasteiger charge is -2.14. The molecule has 1 aromatic heterocycles. The second kappa shape index (κ2) is 7.65. The minimum Gasteiger partial charge on any atom is -0.375 e. The summed E-state index contributed by atoms with van der Waals surface area (Å²) in [6.45, 7) is -0.119. The Morgan fingerprint density at radius 2 is 2.38 bits per heavy atom. The van der Waals surface area contributed by atoms with Crippen molar-refractivity contribution < 1.29 is 13.5 Å². The first-order valence-electron chi connectivity index (χ1n) is 5.13. The second-order valence-corrected chi connectivity index (χ2v) is 4.38. The van der Waals surface area contributed by atoms with Gasteiger partial charge in [-0.2, -0.15) is 0 Å². The summed E-state index contributed by atoms with van der Waals surface area (Å²) in [5.74, 6) is 0. The quantitative estimate of drug-likeness (QED) is 0.716. The summed E-state index contributed by atoms with van der Waals surface area (Å²) >= 11 is 1.60. The first kappa shape index (κ1) is 13.5. The van der Waals surface area contributed by atoms with Crippen LogP contribution in [0, 0.1) is 0 Å². The summed E-state index contributed by atoms with van der Waals surface area (Å²) < 4.78 is 28.4. The average Bonchev–Trinajstić information content (AvgIpc) is 2.75. The van der Waals surface area contributed by atoms with E-state index in [2.05, 4.69) is 10.3 Å². The Bertz CT molecular complexity index is 270. The van der Waals surface area contributed by atoms with Crippen molar-refractivity contribution >= 4 is 11.3 Å². The van der Waals surface area contributed by atoms with Gasteiger partial charge in [-0.05, 0) is 19.9 Å². The van der Waals surface area contributed by atoms with Crippen LogP contribution in [-0.4, -0.2) is 37.7 Å². The maximum absolute atomic E-state index is 11.8. The van der Waals surface area contributed by atoms with Crippen molar-refractivity contribution in [3.63, 3.8) is 0 Å². The molecule has 0 saturated carbocycles. The fourth-order valence-corrected chi connectivity index (χ4v) is 2.01. The predicted molar refractivity (Wildman–Crippen MR) is 60.1 cm³/mol. The lowest BCUT2D eigenvalue weighted by atomic mass is 10.1. The largest absolute Gasteiger partial charge is 0.375 e. The normalized spacial score (nSPS) is 13.2. The van der Waals surface area contributed by atoms with E-state index >= 15 is 0 Å². The van der Waals surface area contributed by atoms with E-state index in [0.29, 0.717) is 6.61 Å². The number of hydrogen-bond donors (Lipinski definition) is 1. The third-order valence-electron chi connectivity index (χ3n) is 2.19. The second-order valence-electron chi connectivity index (χ2n) is 3.41. The standard InChI is InChI=1S/C10H16F2N2OS/c1-13-8(2-3-15-6-10(11)12)4-9-5-14-7-16-9/h5,7-8,10,13H,2-4,6H2,1H3. The number of thiazole rings is 1. The Morgan fingerprint density at radius 3 is 2.94 bits per heavy atom. The third-order valence-corrected chi connectivity index (χ3v) is 3.00. The predicted octanol–water partition coefficient (Wildman–Crippen LogP) is 1.95. The van der Waals surface area contributed by atoms with Gasteiger partial charge >= 0.3 is 0 Å². The summed E-state index contributed by atoms with van der Waals surface area (Å²) in [6.07, 6.45) is 1.03. The van der Waals surface area contributed by atoms with Crippen molar-refractivity contribution in [2.75, 3.05) is 20.3 Å². The number of ether oxygens (including phenoxy) is 1. The van der Waals surface area contributed by atoms with Crippen LogP contribution < -0.4 is 5.32 Å². The molecular weight excluding hydrogens is 234 g/mol. The van der Waals surface area contributed by atoms with Gasteiger partial charge in [-0.25, -0.2) is 8.78 Å². The van der Waals surface area contributed by atoms with Gasteiger partial charge in [0.2, 0.25) is 0 Å². The molecule has 0 aliphatic carbocycles. The SMILES string of the molecule is CNC(CCOCC(F)F)Cc1cncs1. The molecule has 16 heavy (non-hydrogen) atoms. The monoisotopic (exact) mass is 250 g/mol. The van der Waals surface area contributed by atoms with Gasteiger partial charge in [0, 0.05) is 23.7 Å². The molecule has 0 bridgehead atoms. The van der Waals surface area contributed by atoms with E-state index in [1.54, 1.807) is 16.8 Å². The van der Waals surface area contributed by atoms with Gasteiger partial charge in [0.1, 0.15) is 6.61 Å². The highest BCUT2D eigenvalue weighted by molar-refractivity contribution is 7.09. The zero-order chi connectivity index (χ0) is 11.8. The number of alkyl halides is 2. The van der Waals surface area contributed by atoms with E-state index in [-0.39, 0.29) is 6.04 Å². The zero-order valence-electron chi connectivity index (χ0n) is 9.16. The van der Waals surface area contributed by atoms with Crippen molar-refractivity contribution in [3.05, 3.63) is 16.6 Å². The van der Waals surface area contributed by atoms with E-state index in [1.807, 2.05) is 13.2 Å². The van der Waals surface area contributed by atoms with Crippen molar-refractivity contribution in [1.82, 2.24) is 10.3 Å². The number of halogens is 2. The van der Waals surface area contributed by atoms with Crippen LogP contribution >= 0.6 is 11.3 Å². The Kier molecular flexibility index (Phi) is 6.44. The van der Waals surface area contributed by atoms with Gasteiger partial charge in [-0.3, -0.25) is 4.98 Å². The molecule has 0 radical (unpaired) electrons. The molecular formula is C10H16F2N2OS. The molecule has 0 aromatic carbocycles. The molecule has 0 amide bonds. The van der Waals surface area contributed by atoms with Crippen molar-refractivity contribution in [1.29, 1.82) is 0 Å². The van der Waals surface area contributed by atoms with E-state index in [9.17, 15) is 8.78 Å². The fourth-order valence-electron chi connectivity index (χ4n) is 1.33. The molecule has 1 atom stereocenters. The molecule has 0 fully saturated rings. The number of hydrogen-bond acceptors (Lipinski definition) is 4. The molecule has 3 nitrogen and oxygen atoms in total. The van der Waals surface area contributed by atoms with E-state index in [1.165, 1.54) is 4.88 Å². The summed E-state index contributed by atoms with van der Waals surface area (Å²) in [4.78, 5) is 5.18. The number of nitrogens with zero attached hydrogens (tertiary/aromatic N) is 1. The zero-order valence-corrected chi connectivity index (χ0v) is 9.97. The average molecular weight is 250 g/mol. The van der Waals surface area contributed by atoms with Gasteiger partial charge in [-0.1, -0.05) is 0 Å². The van der Waals surface area contributed by atoms with Crippen LogP contribution in [0.2, 0.25) is 0 Å². The minimum atomic E-state index is -2.38. The molecule has 0 saturated heterocycles. The minimum absolute atomic E-state index is 0.248. The molecule has 1 heterocycles. The highest BCUT2D eigenvalue weighted by atomic mass is 32.1. The maximum Gasteiger partial charge on any atom is 0.261 e. The lowest BCUT2D eigenvalue weighted by molar-refractivity contribution is 0.0146. The molecule has 1 N–H and O–H groups in total. The number of rotatable bonds is 8. The third kappa shape index (κ3) is 5.48. The topological polar surface area (TPSA) is 34.1 Å². The first-order valence-corrected chi connectivity index (χ1v) is 6.01. The molecule has 0 aliphatic rings. The summed E-state index contributed by atoms with van der Waals surface area (Å²) in [5.41, 5.74) is 1.79. The Hall–Kier alpha value is -0.590. The van der Waals surface area contributed by atoms with Gasteiger partial charge in [-0.15, -0.1) is 11.3 Å². The van der Waals surface area contributed by atoms with Crippen LogP contribution in [0.15, 0.2) is 11.7 Å². The summed E-state index contributed by atoms with van der Waals surface area (Å²) in [7, 11) is 1.86. The molecule has 0 spiro atoms. The van der Waals surface area contributed by atoms with Crippen molar-refractivity contribution in [2.45, 2.75) is 25.3 Å². The lowest BCUT2D eigenvalue weighted by Crippen LogP contribution is -2.29. The van der Waals surface area contributed by atoms with E-state index in [0.717, 1.165) is 12.8 Å². The number of nitrogens with one attached hydrogen (secondary N) is 1. The molecule has 1 aromatic rings. The van der Waals surface area contributed by atoms with Crippen molar-refractivity contribution in [3.8, 4) is 0 Å². The molecule has 1 rings (SSSR count). The summed E-state index contributed by atoms with van der Waals surface area (Å²) in [5, 5.41) is 3.14. The molecule has 92 valence electrons. The summed E-state index contributed by atoms with van der Waals surface area (Å²) in [6, 6.07) is 0.248. The highest BCUT2D eigenvalue weighted by Gasteiger charge is 2.09. The Morgan fingerprint density at radius 1 is 1.56 bits per heavy atom. The molecule has 0 aliphatic heterocycles. The van der Waals surface area contributed by atoms with Gasteiger partial charge in [0.05, 0.1) is 5.51 Å².